The molecular formula is C15H21N3. The number of likely N-dealkylation sites (N-methyl/N-ethyl adjacent to an activating group) is 1. The van der Waals surface area contributed by atoms with Crippen LogP contribution in [0.15, 0.2) is 24.5 Å². The van der Waals surface area contributed by atoms with Gasteiger partial charge < -0.3 is 9.30 Å². The van der Waals surface area contributed by atoms with Gasteiger partial charge in [0.05, 0.1) is 5.69 Å². The van der Waals surface area contributed by atoms with Gasteiger partial charge in [0.2, 0.25) is 0 Å². The van der Waals surface area contributed by atoms with Gasteiger partial charge in [-0.05, 0) is 44.5 Å². The number of likely N-dealkylation sites (tertiary alicyclic amines) is 1. The lowest BCUT2D eigenvalue weighted by Crippen LogP contribution is -2.34. The smallest absolute Gasteiger partial charge is 0.136 e. The molecule has 0 spiro atoms. The molecule has 1 saturated heterocycles. The maximum atomic E-state index is 4.78. The number of hydrogen-bond donors (Lipinski definition) is 0. The highest BCUT2D eigenvalue weighted by atomic mass is 15.1. The number of aromatic nitrogens is 2. The molecule has 3 nitrogen and oxygen atoms in total. The Morgan fingerprint density at radius 2 is 2.22 bits per heavy atom. The highest BCUT2D eigenvalue weighted by molar-refractivity contribution is 5.41. The number of rotatable bonds is 2. The topological polar surface area (TPSA) is 20.5 Å². The number of fused-ring (bicyclic) bond motifs is 1. The molecule has 1 unspecified atom stereocenters. The first-order chi connectivity index (χ1) is 8.76. The van der Waals surface area contributed by atoms with Crippen molar-refractivity contribution in [3.05, 3.63) is 35.8 Å². The van der Waals surface area contributed by atoms with Crippen molar-refractivity contribution in [1.82, 2.24) is 14.3 Å². The lowest BCUT2D eigenvalue weighted by atomic mass is 9.95. The van der Waals surface area contributed by atoms with E-state index >= 15 is 0 Å². The Kier molecular flexibility index (Phi) is 3.08. The van der Waals surface area contributed by atoms with E-state index in [2.05, 4.69) is 47.7 Å². The summed E-state index contributed by atoms with van der Waals surface area (Å²) in [5.74, 6) is 0.610. The van der Waals surface area contributed by atoms with Gasteiger partial charge in [-0.2, -0.15) is 0 Å². The second kappa shape index (κ2) is 4.73. The fraction of sp³-hybridized carbons (Fsp3) is 0.533. The van der Waals surface area contributed by atoms with Gasteiger partial charge >= 0.3 is 0 Å². The summed E-state index contributed by atoms with van der Waals surface area (Å²) < 4.78 is 2.16. The molecule has 3 heteroatoms. The van der Waals surface area contributed by atoms with E-state index in [-0.39, 0.29) is 0 Å². The number of aryl methyl sites for hydroxylation is 1. The highest BCUT2D eigenvalue weighted by Gasteiger charge is 2.22. The van der Waals surface area contributed by atoms with Gasteiger partial charge in [-0.3, -0.25) is 0 Å². The molecule has 0 saturated carbocycles. The Balaban J connectivity index is 1.89. The maximum Gasteiger partial charge on any atom is 0.136 e. The minimum atomic E-state index is 0.610. The molecule has 0 N–H and O–H groups in total. The zero-order valence-corrected chi connectivity index (χ0v) is 11.3. The molecule has 0 bridgehead atoms. The molecule has 1 atom stereocenters. The molecule has 0 aliphatic carbocycles. The van der Waals surface area contributed by atoms with Crippen LogP contribution in [0, 0.1) is 6.92 Å². The highest BCUT2D eigenvalue weighted by Crippen LogP contribution is 2.26. The Hall–Kier alpha value is -1.35. The lowest BCUT2D eigenvalue weighted by molar-refractivity contribution is 0.216. The summed E-state index contributed by atoms with van der Waals surface area (Å²) in [4.78, 5) is 7.31. The zero-order valence-electron chi connectivity index (χ0n) is 11.3. The molecular weight excluding hydrogens is 222 g/mol. The van der Waals surface area contributed by atoms with Crippen LogP contribution in [0.2, 0.25) is 0 Å². The standard InChI is InChI=1S/C15H21N3/c1-3-17-8-4-5-13(10-17)14-11-18-9-12(2)6-7-15(18)16-14/h6-7,9,11,13H,3-5,8,10H2,1-2H3. The van der Waals surface area contributed by atoms with Crippen LogP contribution in [0.25, 0.3) is 5.65 Å². The first-order valence-corrected chi connectivity index (χ1v) is 6.94. The molecule has 1 aliphatic rings. The van der Waals surface area contributed by atoms with Crippen molar-refractivity contribution in [3.63, 3.8) is 0 Å². The first-order valence-electron chi connectivity index (χ1n) is 6.94. The second-order valence-corrected chi connectivity index (χ2v) is 5.37. The van der Waals surface area contributed by atoms with Crippen LogP contribution in [0.5, 0.6) is 0 Å². The van der Waals surface area contributed by atoms with Crippen molar-refractivity contribution < 1.29 is 0 Å². The van der Waals surface area contributed by atoms with Crippen molar-refractivity contribution in [2.24, 2.45) is 0 Å². The minimum absolute atomic E-state index is 0.610. The summed E-state index contributed by atoms with van der Waals surface area (Å²) in [6.45, 7) is 7.94. The van der Waals surface area contributed by atoms with E-state index in [4.69, 9.17) is 4.98 Å². The van der Waals surface area contributed by atoms with Gasteiger partial charge in [-0.15, -0.1) is 0 Å². The second-order valence-electron chi connectivity index (χ2n) is 5.37. The molecule has 2 aromatic heterocycles. The quantitative estimate of drug-likeness (QED) is 0.808. The third-order valence-electron chi connectivity index (χ3n) is 3.99. The van der Waals surface area contributed by atoms with Gasteiger partial charge in [0.25, 0.3) is 0 Å². The molecule has 2 aromatic rings. The van der Waals surface area contributed by atoms with Crippen molar-refractivity contribution in [2.45, 2.75) is 32.6 Å². The normalized spacial score (nSPS) is 21.6. The van der Waals surface area contributed by atoms with E-state index in [0.717, 1.165) is 12.2 Å². The van der Waals surface area contributed by atoms with Crippen LogP contribution in [0.3, 0.4) is 0 Å². The zero-order chi connectivity index (χ0) is 12.5. The third-order valence-corrected chi connectivity index (χ3v) is 3.99. The first kappa shape index (κ1) is 11.7. The van der Waals surface area contributed by atoms with Crippen LogP contribution in [0.4, 0.5) is 0 Å². The van der Waals surface area contributed by atoms with Crippen LogP contribution in [-0.2, 0) is 0 Å². The maximum absolute atomic E-state index is 4.78. The molecule has 0 radical (unpaired) electrons. The molecule has 1 fully saturated rings. The predicted molar refractivity (Wildman–Crippen MR) is 74.0 cm³/mol. The summed E-state index contributed by atoms with van der Waals surface area (Å²) in [5, 5.41) is 0. The van der Waals surface area contributed by atoms with E-state index in [0.29, 0.717) is 5.92 Å². The Labute approximate surface area is 108 Å². The van der Waals surface area contributed by atoms with Crippen molar-refractivity contribution in [2.75, 3.05) is 19.6 Å². The van der Waals surface area contributed by atoms with Crippen molar-refractivity contribution in [3.8, 4) is 0 Å². The fourth-order valence-corrected chi connectivity index (χ4v) is 2.90. The molecule has 3 rings (SSSR count). The number of nitrogens with zero attached hydrogens (tertiary/aromatic N) is 3. The predicted octanol–water partition coefficient (Wildman–Crippen LogP) is 2.84. The Morgan fingerprint density at radius 1 is 1.33 bits per heavy atom. The van der Waals surface area contributed by atoms with E-state index < -0.39 is 0 Å². The van der Waals surface area contributed by atoms with E-state index in [1.165, 1.54) is 37.2 Å². The third kappa shape index (κ3) is 2.15. The SMILES string of the molecule is CCN1CCCC(c2cn3cc(C)ccc3n2)C1. The number of imidazole rings is 1. The van der Waals surface area contributed by atoms with Crippen LogP contribution < -0.4 is 0 Å². The monoisotopic (exact) mass is 243 g/mol. The average Bonchev–Trinajstić information content (AvgIpc) is 2.81. The Bertz CT molecular complexity index is 544. The largest absolute Gasteiger partial charge is 0.307 e. The molecule has 3 heterocycles. The van der Waals surface area contributed by atoms with Crippen LogP contribution in [0.1, 0.15) is 36.9 Å². The van der Waals surface area contributed by atoms with Gasteiger partial charge in [-0.1, -0.05) is 13.0 Å². The van der Waals surface area contributed by atoms with Gasteiger partial charge in [0.15, 0.2) is 0 Å². The lowest BCUT2D eigenvalue weighted by Gasteiger charge is -2.30. The average molecular weight is 243 g/mol. The molecule has 0 amide bonds. The Morgan fingerprint density at radius 3 is 3.06 bits per heavy atom. The van der Waals surface area contributed by atoms with Gasteiger partial charge in [-0.25, -0.2) is 4.98 Å². The van der Waals surface area contributed by atoms with Crippen molar-refractivity contribution >= 4 is 5.65 Å². The summed E-state index contributed by atoms with van der Waals surface area (Å²) in [6, 6.07) is 4.24. The summed E-state index contributed by atoms with van der Waals surface area (Å²) >= 11 is 0. The summed E-state index contributed by atoms with van der Waals surface area (Å²) in [7, 11) is 0. The van der Waals surface area contributed by atoms with Gasteiger partial charge in [0.1, 0.15) is 5.65 Å². The van der Waals surface area contributed by atoms with E-state index in [1.54, 1.807) is 0 Å². The molecule has 96 valence electrons. The summed E-state index contributed by atoms with van der Waals surface area (Å²) in [5.41, 5.74) is 3.62. The number of pyridine rings is 1. The number of piperidine rings is 1. The fourth-order valence-electron chi connectivity index (χ4n) is 2.90. The summed E-state index contributed by atoms with van der Waals surface area (Å²) in [6.07, 6.45) is 6.95. The van der Waals surface area contributed by atoms with Crippen LogP contribution in [-0.4, -0.2) is 33.9 Å². The number of hydrogen-bond acceptors (Lipinski definition) is 2. The molecule has 0 aromatic carbocycles. The van der Waals surface area contributed by atoms with Crippen LogP contribution >= 0.6 is 0 Å². The molecule has 18 heavy (non-hydrogen) atoms. The van der Waals surface area contributed by atoms with Gasteiger partial charge in [0, 0.05) is 24.9 Å². The van der Waals surface area contributed by atoms with E-state index in [1.807, 2.05) is 0 Å². The molecule has 1 aliphatic heterocycles. The van der Waals surface area contributed by atoms with E-state index in [9.17, 15) is 0 Å². The minimum Gasteiger partial charge on any atom is -0.307 e. The van der Waals surface area contributed by atoms with Crippen molar-refractivity contribution in [1.29, 1.82) is 0 Å².